The SMILES string of the molecule is CN1[CH-]N(c2[c-]ccnc2)c2nccnc21.[Ir].[c-]1ccccc1N1[CH-]N(CCCCN2[CH-]N(c3[c-]cccc3)c3nccnc32)c2nccnc21. The van der Waals surface area contributed by atoms with Gasteiger partial charge in [-0.3, -0.25) is 0 Å². The number of rotatable bonds is 8. The molecule has 0 N–H and O–H groups in total. The van der Waals surface area contributed by atoms with Crippen LogP contribution in [0.2, 0.25) is 0 Å². The van der Waals surface area contributed by atoms with Crippen LogP contribution in [0, 0.1) is 38.2 Å². The van der Waals surface area contributed by atoms with E-state index in [2.05, 4.69) is 76.2 Å². The second-order valence-electron chi connectivity index (χ2n) is 11.4. The molecule has 51 heavy (non-hydrogen) atoms. The molecule has 0 amide bonds. The maximum absolute atomic E-state index is 4.58. The van der Waals surface area contributed by atoms with Crippen molar-refractivity contribution in [2.75, 3.05) is 49.5 Å². The van der Waals surface area contributed by atoms with Gasteiger partial charge in [-0.1, -0.05) is 18.1 Å². The molecular weight excluding hydrogens is 819 g/mol. The van der Waals surface area contributed by atoms with Crippen LogP contribution < -0.4 is 29.4 Å². The van der Waals surface area contributed by atoms with Crippen molar-refractivity contribution >= 4 is 52.0 Å². The van der Waals surface area contributed by atoms with Gasteiger partial charge in [0, 0.05) is 57.3 Å². The fraction of sp³-hybridized carbons (Fsp3) is 0.135. The van der Waals surface area contributed by atoms with Gasteiger partial charge >= 0.3 is 0 Å². The van der Waals surface area contributed by atoms with Gasteiger partial charge in [0.05, 0.1) is 0 Å². The number of nitrogens with zero attached hydrogens (tertiary/aromatic N) is 13. The summed E-state index contributed by atoms with van der Waals surface area (Å²) < 4.78 is 0. The first-order valence-corrected chi connectivity index (χ1v) is 16.1. The molecule has 7 heterocycles. The second-order valence-corrected chi connectivity index (χ2v) is 11.4. The molecule has 3 aliphatic heterocycles. The van der Waals surface area contributed by atoms with Crippen LogP contribution >= 0.6 is 0 Å². The Bertz CT molecular complexity index is 1920. The minimum Gasteiger partial charge on any atom is -0.487 e. The van der Waals surface area contributed by atoms with Crippen molar-refractivity contribution in [3.8, 4) is 0 Å². The predicted molar refractivity (Wildman–Crippen MR) is 191 cm³/mol. The van der Waals surface area contributed by atoms with E-state index >= 15 is 0 Å². The van der Waals surface area contributed by atoms with E-state index in [0.717, 1.165) is 77.9 Å². The average molecular weight is 850 g/mol. The quantitative estimate of drug-likeness (QED) is 0.135. The first-order chi connectivity index (χ1) is 24.7. The van der Waals surface area contributed by atoms with Crippen molar-refractivity contribution in [2.45, 2.75) is 12.8 Å². The van der Waals surface area contributed by atoms with Crippen molar-refractivity contribution < 1.29 is 20.1 Å². The second kappa shape index (κ2) is 15.4. The number of para-hydroxylation sites is 2. The van der Waals surface area contributed by atoms with E-state index in [1.54, 1.807) is 55.6 Å². The van der Waals surface area contributed by atoms with Crippen LogP contribution in [0.15, 0.2) is 104 Å². The number of fused-ring (bicyclic) bond motifs is 3. The predicted octanol–water partition coefficient (Wildman–Crippen LogP) is 5.88. The number of benzene rings is 2. The number of unbranched alkanes of at least 4 members (excludes halogenated alkanes) is 1. The fourth-order valence-corrected chi connectivity index (χ4v) is 5.85. The summed E-state index contributed by atoms with van der Waals surface area (Å²) in [4.78, 5) is 43.1. The Labute approximate surface area is 310 Å². The third kappa shape index (κ3) is 7.01. The zero-order valence-electron chi connectivity index (χ0n) is 27.5. The van der Waals surface area contributed by atoms with Crippen LogP contribution in [0.25, 0.3) is 0 Å². The maximum Gasteiger partial charge on any atom is 0.144 e. The van der Waals surface area contributed by atoms with Crippen molar-refractivity contribution in [3.05, 3.63) is 142 Å². The summed E-state index contributed by atoms with van der Waals surface area (Å²) in [5.74, 6) is 5.03. The monoisotopic (exact) mass is 850 g/mol. The van der Waals surface area contributed by atoms with Crippen molar-refractivity contribution in [2.24, 2.45) is 0 Å². The van der Waals surface area contributed by atoms with Gasteiger partial charge in [0.1, 0.15) is 34.9 Å². The van der Waals surface area contributed by atoms with E-state index in [0.29, 0.717) is 0 Å². The number of hydrogen-bond acceptors (Lipinski definition) is 13. The topological polar surface area (TPSA) is 110 Å². The van der Waals surface area contributed by atoms with Gasteiger partial charge in [-0.25, -0.2) is 29.9 Å². The Morgan fingerprint density at radius 2 is 0.961 bits per heavy atom. The number of pyridine rings is 1. The minimum absolute atomic E-state index is 0. The first-order valence-electron chi connectivity index (χ1n) is 16.1. The minimum atomic E-state index is 0. The average Bonchev–Trinajstić information content (AvgIpc) is 3.86. The molecule has 0 saturated heterocycles. The standard InChI is InChI=1S/C26H22N8.C11H9N5.Ir/c1-3-9-21(10-4-1)33-19-31(23-25(33)29-15-13-27-23)17-7-8-18-32-20-34(22-11-5-2-6-12-22)26-24(32)28-14-16-30-26;1-15-8-16(9-3-2-4-12-7-9)11-10(15)13-5-6-14-11;/h1-6,9,11,13-16,19-20H,7-8,17-18H2;2,4-8H,1H3;/q-4;-2;. The van der Waals surface area contributed by atoms with Crippen LogP contribution in [-0.4, -0.2) is 55.0 Å². The van der Waals surface area contributed by atoms with Crippen molar-refractivity contribution in [1.29, 1.82) is 0 Å². The van der Waals surface area contributed by atoms with E-state index in [4.69, 9.17) is 0 Å². The summed E-state index contributed by atoms with van der Waals surface area (Å²) in [5.41, 5.74) is 2.76. The molecule has 0 unspecified atom stereocenters. The molecule has 14 heteroatoms. The van der Waals surface area contributed by atoms with Crippen molar-refractivity contribution in [3.63, 3.8) is 0 Å². The Hall–Kier alpha value is -5.72. The fourth-order valence-electron chi connectivity index (χ4n) is 5.85. The molecule has 0 spiro atoms. The Morgan fingerprint density at radius 3 is 1.43 bits per heavy atom. The molecule has 3 aliphatic rings. The van der Waals surface area contributed by atoms with Crippen LogP contribution in [0.4, 0.5) is 52.0 Å². The molecule has 4 aromatic heterocycles. The Kier molecular flexibility index (Phi) is 10.2. The van der Waals surface area contributed by atoms with Gasteiger partial charge in [-0.2, -0.15) is 72.8 Å². The summed E-state index contributed by atoms with van der Waals surface area (Å²) in [5, 5.41) is 0. The van der Waals surface area contributed by atoms with E-state index in [-0.39, 0.29) is 20.1 Å². The van der Waals surface area contributed by atoms with Crippen LogP contribution in [-0.2, 0) is 20.1 Å². The number of anilines is 9. The van der Waals surface area contributed by atoms with Gasteiger partial charge in [-0.05, 0) is 33.0 Å². The van der Waals surface area contributed by atoms with Crippen LogP contribution in [0.3, 0.4) is 0 Å². The zero-order valence-corrected chi connectivity index (χ0v) is 29.9. The molecule has 0 aliphatic carbocycles. The Morgan fingerprint density at radius 1 is 0.510 bits per heavy atom. The maximum atomic E-state index is 4.58. The molecule has 0 bridgehead atoms. The molecule has 0 atom stereocenters. The van der Waals surface area contributed by atoms with Crippen LogP contribution in [0.1, 0.15) is 12.8 Å². The largest absolute Gasteiger partial charge is 0.487 e. The molecule has 1 radical (unpaired) electrons. The zero-order chi connectivity index (χ0) is 33.7. The van der Waals surface area contributed by atoms with E-state index in [9.17, 15) is 0 Å². The third-order valence-electron chi connectivity index (χ3n) is 8.14. The van der Waals surface area contributed by atoms with Gasteiger partial charge in [0.25, 0.3) is 0 Å². The van der Waals surface area contributed by atoms with Gasteiger partial charge < -0.3 is 34.4 Å². The van der Waals surface area contributed by atoms with Gasteiger partial charge in [-0.15, -0.1) is 31.4 Å². The summed E-state index contributed by atoms with van der Waals surface area (Å²) in [7, 11) is 1.93. The summed E-state index contributed by atoms with van der Waals surface area (Å²) >= 11 is 0. The first kappa shape index (κ1) is 33.8. The van der Waals surface area contributed by atoms with Gasteiger partial charge in [0.15, 0.2) is 0 Å². The molecule has 259 valence electrons. The Balaban J connectivity index is 0.000000200. The van der Waals surface area contributed by atoms with E-state index < -0.39 is 0 Å². The molecule has 13 nitrogen and oxygen atoms in total. The number of aromatic nitrogens is 7. The van der Waals surface area contributed by atoms with E-state index in [1.807, 2.05) is 81.8 Å². The van der Waals surface area contributed by atoms with Crippen LogP contribution in [0.5, 0.6) is 0 Å². The normalized spacial score (nSPS) is 14.1. The summed E-state index contributed by atoms with van der Waals surface area (Å²) in [6.07, 6.45) is 15.7. The third-order valence-corrected chi connectivity index (χ3v) is 8.14. The molecular formula is C37H31IrN13-6. The molecule has 9 rings (SSSR count). The summed E-state index contributed by atoms with van der Waals surface area (Å²) in [6.45, 7) is 7.72. The van der Waals surface area contributed by atoms with Crippen molar-refractivity contribution in [1.82, 2.24) is 34.9 Å². The molecule has 0 saturated carbocycles. The number of hydrogen-bond donors (Lipinski definition) is 0. The molecule has 0 fully saturated rings. The molecule has 6 aromatic rings. The van der Waals surface area contributed by atoms with E-state index in [1.165, 1.54) is 0 Å². The smallest absolute Gasteiger partial charge is 0.144 e. The van der Waals surface area contributed by atoms with Gasteiger partial charge in [0.2, 0.25) is 0 Å². The molecule has 2 aromatic carbocycles. The summed E-state index contributed by atoms with van der Waals surface area (Å²) in [6, 6.07) is 27.2.